The number of pyridine rings is 1. The second-order valence-corrected chi connectivity index (χ2v) is 4.67. The molecular weight excluding hydrogens is 301 g/mol. The van der Waals surface area contributed by atoms with Gasteiger partial charge >= 0.3 is 0 Å². The van der Waals surface area contributed by atoms with Gasteiger partial charge in [0.05, 0.1) is 24.3 Å². The Bertz CT molecular complexity index is 616. The number of ether oxygens (including phenoxy) is 2. The fourth-order valence-corrected chi connectivity index (χ4v) is 2.45. The summed E-state index contributed by atoms with van der Waals surface area (Å²) in [6.45, 7) is 0. The summed E-state index contributed by atoms with van der Waals surface area (Å²) in [5.41, 5.74) is 0.572. The summed E-state index contributed by atoms with van der Waals surface area (Å²) in [6, 6.07) is 4.78. The van der Waals surface area contributed by atoms with Crippen molar-refractivity contribution in [1.29, 1.82) is 0 Å². The zero-order valence-corrected chi connectivity index (χ0v) is 12.3. The van der Waals surface area contributed by atoms with Gasteiger partial charge in [0.2, 0.25) is 5.78 Å². The Labute approximate surface area is 126 Å². The highest BCUT2D eigenvalue weighted by atomic mass is 35.5. The number of aromatic nitrogens is 1. The van der Waals surface area contributed by atoms with E-state index in [-0.39, 0.29) is 32.9 Å². The fraction of sp³-hybridized carbons (Fsp3) is 0.143. The van der Waals surface area contributed by atoms with Gasteiger partial charge in [-0.15, -0.1) is 0 Å². The Balaban J connectivity index is 2.69. The van der Waals surface area contributed by atoms with E-state index in [4.69, 9.17) is 32.7 Å². The maximum Gasteiger partial charge on any atom is 0.202 e. The third-order valence-electron chi connectivity index (χ3n) is 2.70. The molecule has 0 fully saturated rings. The highest BCUT2D eigenvalue weighted by Crippen LogP contribution is 2.41. The molecular formula is C14H11Cl2NO3. The number of carbonyl (C=O) groups is 1. The number of carbonyl (C=O) groups excluding carboxylic acids is 1. The van der Waals surface area contributed by atoms with Crippen LogP contribution < -0.4 is 9.47 Å². The number of nitrogens with zero attached hydrogens (tertiary/aromatic N) is 1. The van der Waals surface area contributed by atoms with E-state index in [1.165, 1.54) is 26.5 Å². The molecule has 0 aliphatic rings. The van der Waals surface area contributed by atoms with Gasteiger partial charge in [-0.3, -0.25) is 9.78 Å². The zero-order valence-electron chi connectivity index (χ0n) is 10.8. The minimum atomic E-state index is -0.323. The number of methoxy groups -OCH3 is 2. The largest absolute Gasteiger partial charge is 0.494 e. The molecule has 0 aliphatic heterocycles. The van der Waals surface area contributed by atoms with Crippen molar-refractivity contribution in [3.63, 3.8) is 0 Å². The van der Waals surface area contributed by atoms with Crippen molar-refractivity contribution in [2.45, 2.75) is 0 Å². The molecule has 1 aromatic carbocycles. The van der Waals surface area contributed by atoms with Gasteiger partial charge in [0.15, 0.2) is 11.5 Å². The standard InChI is InChI=1S/C14H11Cl2NO3/c1-19-13-9(15)6-10(16)14(20-2)11(13)12(18)8-4-3-5-17-7-8/h3-7H,1-2H3. The van der Waals surface area contributed by atoms with Crippen molar-refractivity contribution in [3.8, 4) is 11.5 Å². The Kier molecular flexibility index (Phi) is 4.47. The minimum Gasteiger partial charge on any atom is -0.494 e. The van der Waals surface area contributed by atoms with Gasteiger partial charge in [0, 0.05) is 18.0 Å². The van der Waals surface area contributed by atoms with Crippen LogP contribution in [-0.2, 0) is 0 Å². The first-order valence-electron chi connectivity index (χ1n) is 5.64. The van der Waals surface area contributed by atoms with Crippen LogP contribution in [0, 0.1) is 0 Å². The van der Waals surface area contributed by atoms with Crippen LogP contribution in [0.3, 0.4) is 0 Å². The zero-order chi connectivity index (χ0) is 14.7. The fourth-order valence-electron chi connectivity index (χ4n) is 1.83. The van der Waals surface area contributed by atoms with Crippen molar-refractivity contribution < 1.29 is 14.3 Å². The third-order valence-corrected chi connectivity index (χ3v) is 3.26. The Morgan fingerprint density at radius 3 is 2.20 bits per heavy atom. The lowest BCUT2D eigenvalue weighted by atomic mass is 10.0. The molecule has 104 valence electrons. The molecule has 6 heteroatoms. The average Bonchev–Trinajstić information content (AvgIpc) is 2.46. The van der Waals surface area contributed by atoms with Gasteiger partial charge in [-0.25, -0.2) is 0 Å². The van der Waals surface area contributed by atoms with E-state index in [2.05, 4.69) is 4.98 Å². The van der Waals surface area contributed by atoms with Gasteiger partial charge in [-0.1, -0.05) is 23.2 Å². The molecule has 1 aromatic heterocycles. The summed E-state index contributed by atoms with van der Waals surface area (Å²) in [7, 11) is 2.85. The molecule has 0 unspecified atom stereocenters. The lowest BCUT2D eigenvalue weighted by Crippen LogP contribution is -2.08. The number of halogens is 2. The normalized spacial score (nSPS) is 10.2. The van der Waals surface area contributed by atoms with Crippen molar-refractivity contribution in [3.05, 3.63) is 51.8 Å². The molecule has 0 saturated heterocycles. The van der Waals surface area contributed by atoms with Crippen molar-refractivity contribution in [1.82, 2.24) is 4.98 Å². The van der Waals surface area contributed by atoms with E-state index in [0.717, 1.165) is 0 Å². The summed E-state index contributed by atoms with van der Waals surface area (Å²) >= 11 is 12.1. The van der Waals surface area contributed by atoms with E-state index in [0.29, 0.717) is 5.56 Å². The molecule has 0 atom stereocenters. The summed E-state index contributed by atoms with van der Waals surface area (Å²) in [5, 5.41) is 0.482. The predicted molar refractivity (Wildman–Crippen MR) is 77.2 cm³/mol. The van der Waals surface area contributed by atoms with E-state index >= 15 is 0 Å². The molecule has 0 saturated carbocycles. The maximum absolute atomic E-state index is 12.6. The lowest BCUT2D eigenvalue weighted by molar-refractivity contribution is 0.103. The van der Waals surface area contributed by atoms with Gasteiger partial charge < -0.3 is 9.47 Å². The average molecular weight is 312 g/mol. The van der Waals surface area contributed by atoms with Crippen molar-refractivity contribution >= 4 is 29.0 Å². The lowest BCUT2D eigenvalue weighted by Gasteiger charge is -2.15. The smallest absolute Gasteiger partial charge is 0.202 e. The monoisotopic (exact) mass is 311 g/mol. The number of hydrogen-bond donors (Lipinski definition) is 0. The summed E-state index contributed by atoms with van der Waals surface area (Å²) in [6.07, 6.45) is 3.03. The molecule has 20 heavy (non-hydrogen) atoms. The molecule has 0 bridgehead atoms. The molecule has 0 spiro atoms. The number of benzene rings is 1. The molecule has 1 heterocycles. The minimum absolute atomic E-state index is 0.181. The van der Waals surface area contributed by atoms with Crippen LogP contribution in [0.25, 0.3) is 0 Å². The van der Waals surface area contributed by atoms with E-state index < -0.39 is 0 Å². The molecule has 0 radical (unpaired) electrons. The van der Waals surface area contributed by atoms with Crippen LogP contribution in [0.1, 0.15) is 15.9 Å². The van der Waals surface area contributed by atoms with Gasteiger partial charge in [0.1, 0.15) is 5.56 Å². The van der Waals surface area contributed by atoms with Crippen LogP contribution in [0.2, 0.25) is 10.0 Å². The Morgan fingerprint density at radius 2 is 1.75 bits per heavy atom. The molecule has 4 nitrogen and oxygen atoms in total. The predicted octanol–water partition coefficient (Wildman–Crippen LogP) is 3.64. The van der Waals surface area contributed by atoms with E-state index in [9.17, 15) is 4.79 Å². The summed E-state index contributed by atoms with van der Waals surface area (Å²) < 4.78 is 10.4. The molecule has 2 rings (SSSR count). The van der Waals surface area contributed by atoms with Crippen LogP contribution in [0.4, 0.5) is 0 Å². The Morgan fingerprint density at radius 1 is 1.15 bits per heavy atom. The van der Waals surface area contributed by atoms with E-state index in [1.807, 2.05) is 0 Å². The molecule has 0 aliphatic carbocycles. The van der Waals surface area contributed by atoms with Crippen LogP contribution >= 0.6 is 23.2 Å². The van der Waals surface area contributed by atoms with Gasteiger partial charge in [-0.2, -0.15) is 0 Å². The van der Waals surface area contributed by atoms with Crippen molar-refractivity contribution in [2.24, 2.45) is 0 Å². The number of rotatable bonds is 4. The second kappa shape index (κ2) is 6.11. The molecule has 0 amide bonds. The first-order valence-corrected chi connectivity index (χ1v) is 6.40. The topological polar surface area (TPSA) is 48.4 Å². The van der Waals surface area contributed by atoms with Crippen LogP contribution in [0.5, 0.6) is 11.5 Å². The van der Waals surface area contributed by atoms with Crippen LogP contribution in [0.15, 0.2) is 30.6 Å². The van der Waals surface area contributed by atoms with Crippen LogP contribution in [-0.4, -0.2) is 25.0 Å². The number of hydrogen-bond acceptors (Lipinski definition) is 4. The third kappa shape index (κ3) is 2.57. The molecule has 2 aromatic rings. The highest BCUT2D eigenvalue weighted by Gasteiger charge is 2.25. The quantitative estimate of drug-likeness (QED) is 0.809. The summed E-state index contributed by atoms with van der Waals surface area (Å²) in [4.78, 5) is 16.5. The Hall–Kier alpha value is -1.78. The second-order valence-electron chi connectivity index (χ2n) is 3.85. The first kappa shape index (κ1) is 14.6. The van der Waals surface area contributed by atoms with Gasteiger partial charge in [0.25, 0.3) is 0 Å². The van der Waals surface area contributed by atoms with Crippen molar-refractivity contribution in [2.75, 3.05) is 14.2 Å². The highest BCUT2D eigenvalue weighted by molar-refractivity contribution is 6.38. The summed E-state index contributed by atoms with van der Waals surface area (Å²) in [5.74, 6) is 0.125. The van der Waals surface area contributed by atoms with E-state index in [1.54, 1.807) is 18.3 Å². The van der Waals surface area contributed by atoms with Gasteiger partial charge in [-0.05, 0) is 18.2 Å². The number of ketones is 1. The first-order chi connectivity index (χ1) is 9.60. The SMILES string of the molecule is COc1c(Cl)cc(Cl)c(OC)c1C(=O)c1cccnc1. The molecule has 0 N–H and O–H groups in total. The maximum atomic E-state index is 12.6.